The maximum Gasteiger partial charge on any atom is 0.250 e. The molecule has 1 aromatic heterocycles. The molecule has 0 saturated heterocycles. The van der Waals surface area contributed by atoms with Gasteiger partial charge in [0.25, 0.3) is 0 Å². The van der Waals surface area contributed by atoms with E-state index in [1.165, 1.54) is 6.07 Å². The van der Waals surface area contributed by atoms with Crippen LogP contribution in [0.3, 0.4) is 0 Å². The van der Waals surface area contributed by atoms with Gasteiger partial charge in [-0.2, -0.15) is 0 Å². The molecule has 0 aliphatic heterocycles. The van der Waals surface area contributed by atoms with Crippen molar-refractivity contribution in [3.8, 4) is 0 Å². The molecule has 0 radical (unpaired) electrons. The molecule has 2 rings (SSSR count). The summed E-state index contributed by atoms with van der Waals surface area (Å²) in [5.74, 6) is 0. The second-order valence-corrected chi connectivity index (χ2v) is 8.90. The van der Waals surface area contributed by atoms with Gasteiger partial charge in [0, 0.05) is 18.6 Å². The van der Waals surface area contributed by atoms with Gasteiger partial charge in [0.05, 0.1) is 11.0 Å². The van der Waals surface area contributed by atoms with Crippen molar-refractivity contribution in [2.75, 3.05) is 7.11 Å². The molecule has 112 valence electrons. The van der Waals surface area contributed by atoms with Crippen molar-refractivity contribution in [1.82, 2.24) is 4.72 Å². The molecule has 5 nitrogen and oxygen atoms in total. The molecule has 1 saturated carbocycles. The fraction of sp³-hybridized carbons (Fsp3) is 0.583. The van der Waals surface area contributed by atoms with Gasteiger partial charge in [0.1, 0.15) is 9.20 Å². The van der Waals surface area contributed by atoms with Crippen LogP contribution in [0.15, 0.2) is 16.3 Å². The van der Waals surface area contributed by atoms with Crippen LogP contribution in [0.2, 0.25) is 0 Å². The molecular weight excluding hydrogens is 316 g/mol. The van der Waals surface area contributed by atoms with E-state index < -0.39 is 10.0 Å². The molecule has 0 bridgehead atoms. The third-order valence-electron chi connectivity index (χ3n) is 3.85. The normalized spacial score (nSPS) is 25.1. The van der Waals surface area contributed by atoms with Crippen molar-refractivity contribution in [2.24, 2.45) is 11.1 Å². The molecule has 3 N–H and O–H groups in total. The van der Waals surface area contributed by atoms with Crippen LogP contribution in [0.4, 0.5) is 0 Å². The lowest BCUT2D eigenvalue weighted by molar-refractivity contribution is -0.0908. The quantitative estimate of drug-likeness (QED) is 0.797. The van der Waals surface area contributed by atoms with Gasteiger partial charge < -0.3 is 10.5 Å². The van der Waals surface area contributed by atoms with E-state index in [2.05, 4.69) is 4.72 Å². The van der Waals surface area contributed by atoms with Gasteiger partial charge in [-0.15, -0.1) is 11.3 Å². The third kappa shape index (κ3) is 2.75. The van der Waals surface area contributed by atoms with E-state index >= 15 is 0 Å². The zero-order valence-electron chi connectivity index (χ0n) is 11.5. The number of sulfonamides is 1. The number of thiophene rings is 1. The van der Waals surface area contributed by atoms with Crippen LogP contribution >= 0.6 is 23.6 Å². The van der Waals surface area contributed by atoms with Gasteiger partial charge in [0.2, 0.25) is 10.0 Å². The summed E-state index contributed by atoms with van der Waals surface area (Å²) in [4.78, 5) is 0.808. The van der Waals surface area contributed by atoms with Crippen LogP contribution in [0, 0.1) is 5.41 Å². The summed E-state index contributed by atoms with van der Waals surface area (Å²) in [5, 5.41) is 0. The summed E-state index contributed by atoms with van der Waals surface area (Å²) < 4.78 is 32.9. The minimum absolute atomic E-state index is 0.0747. The number of rotatable bonds is 5. The van der Waals surface area contributed by atoms with E-state index in [1.807, 2.05) is 13.8 Å². The van der Waals surface area contributed by atoms with Crippen LogP contribution < -0.4 is 10.5 Å². The van der Waals surface area contributed by atoms with Crippen molar-refractivity contribution >= 4 is 38.6 Å². The Balaban J connectivity index is 2.14. The Hall–Kier alpha value is -0.540. The number of hydrogen-bond donors (Lipinski definition) is 2. The topological polar surface area (TPSA) is 81.4 Å². The largest absolute Gasteiger partial charge is 0.389 e. The maximum absolute atomic E-state index is 12.3. The first-order valence-electron chi connectivity index (χ1n) is 6.13. The standard InChI is InChI=1S/C12H18N2O3S3/c1-12(2)8(6-9(12)17-3)14-20(15,16)10-5-4-7(19-10)11(13)18/h4-5,8-9,14H,6H2,1-3H3,(H2,13,18). The molecule has 2 atom stereocenters. The monoisotopic (exact) mass is 334 g/mol. The number of nitrogens with two attached hydrogens (primary N) is 1. The predicted molar refractivity (Wildman–Crippen MR) is 83.5 cm³/mol. The van der Waals surface area contributed by atoms with E-state index in [1.54, 1.807) is 13.2 Å². The van der Waals surface area contributed by atoms with Crippen LogP contribution in [0.5, 0.6) is 0 Å². The first-order valence-corrected chi connectivity index (χ1v) is 8.84. The highest BCUT2D eigenvalue weighted by Gasteiger charge is 2.50. The van der Waals surface area contributed by atoms with Crippen LogP contribution in [0.25, 0.3) is 0 Å². The summed E-state index contributed by atoms with van der Waals surface area (Å²) in [6.45, 7) is 3.99. The molecule has 0 spiro atoms. The molecule has 1 fully saturated rings. The highest BCUT2D eigenvalue weighted by atomic mass is 32.2. The Morgan fingerprint density at radius 1 is 1.55 bits per heavy atom. The predicted octanol–water partition coefficient (Wildman–Crippen LogP) is 1.47. The Labute approximate surface area is 128 Å². The maximum atomic E-state index is 12.3. The number of ether oxygens (including phenoxy) is 1. The van der Waals surface area contributed by atoms with Crippen LogP contribution in [-0.2, 0) is 14.8 Å². The summed E-state index contributed by atoms with van der Waals surface area (Å²) in [6.07, 6.45) is 0.752. The number of hydrogen-bond acceptors (Lipinski definition) is 5. The molecule has 8 heteroatoms. The van der Waals surface area contributed by atoms with Gasteiger partial charge >= 0.3 is 0 Å². The molecule has 0 aromatic carbocycles. The zero-order valence-corrected chi connectivity index (χ0v) is 14.0. The van der Waals surface area contributed by atoms with E-state index in [-0.39, 0.29) is 26.8 Å². The highest BCUT2D eigenvalue weighted by molar-refractivity contribution is 7.91. The van der Waals surface area contributed by atoms with Crippen molar-refractivity contribution in [2.45, 2.75) is 36.6 Å². The first-order chi connectivity index (χ1) is 9.18. The van der Waals surface area contributed by atoms with Crippen LogP contribution in [-0.4, -0.2) is 32.7 Å². The molecule has 1 aliphatic carbocycles. The second-order valence-electron chi connectivity index (χ2n) is 5.44. The molecule has 2 unspecified atom stereocenters. The van der Waals surface area contributed by atoms with E-state index in [0.29, 0.717) is 11.3 Å². The number of nitrogens with one attached hydrogen (secondary N) is 1. The molecule has 1 aliphatic rings. The Kier molecular flexibility index (Phi) is 4.23. The summed E-state index contributed by atoms with van der Waals surface area (Å²) in [6, 6.07) is 3.03. The lowest BCUT2D eigenvalue weighted by atomic mass is 9.65. The minimum Gasteiger partial charge on any atom is -0.389 e. The number of thiocarbonyl (C=S) groups is 1. The van der Waals surface area contributed by atoms with Crippen molar-refractivity contribution < 1.29 is 13.2 Å². The summed E-state index contributed by atoms with van der Waals surface area (Å²) >= 11 is 5.93. The van der Waals surface area contributed by atoms with E-state index in [9.17, 15) is 8.42 Å². The van der Waals surface area contributed by atoms with Gasteiger partial charge in [-0.3, -0.25) is 0 Å². The van der Waals surface area contributed by atoms with Crippen molar-refractivity contribution in [1.29, 1.82) is 0 Å². The summed E-state index contributed by atoms with van der Waals surface area (Å²) in [5.41, 5.74) is 5.28. The lowest BCUT2D eigenvalue weighted by Gasteiger charge is -2.50. The van der Waals surface area contributed by atoms with Crippen LogP contribution in [0.1, 0.15) is 25.1 Å². The van der Waals surface area contributed by atoms with Crippen molar-refractivity contribution in [3.63, 3.8) is 0 Å². The molecule has 0 amide bonds. The second kappa shape index (κ2) is 5.34. The van der Waals surface area contributed by atoms with E-state index in [4.69, 9.17) is 22.7 Å². The first kappa shape index (κ1) is 15.8. The lowest BCUT2D eigenvalue weighted by Crippen LogP contribution is -2.61. The van der Waals surface area contributed by atoms with Gasteiger partial charge in [-0.25, -0.2) is 13.1 Å². The van der Waals surface area contributed by atoms with Gasteiger partial charge in [-0.1, -0.05) is 26.1 Å². The molecule has 20 heavy (non-hydrogen) atoms. The molecule has 1 aromatic rings. The Morgan fingerprint density at radius 2 is 2.20 bits per heavy atom. The SMILES string of the molecule is COC1CC(NS(=O)(=O)c2ccc(C(N)=S)s2)C1(C)C. The van der Waals surface area contributed by atoms with Gasteiger partial charge in [0.15, 0.2) is 0 Å². The smallest absolute Gasteiger partial charge is 0.250 e. The third-order valence-corrected chi connectivity index (χ3v) is 7.28. The Bertz CT molecular complexity index is 622. The Morgan fingerprint density at radius 3 is 2.65 bits per heavy atom. The van der Waals surface area contributed by atoms with E-state index in [0.717, 1.165) is 11.3 Å². The summed E-state index contributed by atoms with van der Waals surface area (Å²) in [7, 11) is -1.89. The molecule has 1 heterocycles. The average Bonchev–Trinajstić information content (AvgIpc) is 2.84. The fourth-order valence-electron chi connectivity index (χ4n) is 2.33. The average molecular weight is 334 g/mol. The number of methoxy groups -OCH3 is 1. The highest BCUT2D eigenvalue weighted by Crippen LogP contribution is 2.43. The van der Waals surface area contributed by atoms with Gasteiger partial charge in [-0.05, 0) is 18.6 Å². The minimum atomic E-state index is -3.54. The van der Waals surface area contributed by atoms with Crippen molar-refractivity contribution in [3.05, 3.63) is 17.0 Å². The zero-order chi connectivity index (χ0) is 15.1. The fourth-order valence-corrected chi connectivity index (χ4v) is 5.10. The molecular formula is C12H18N2O3S3.